The predicted octanol–water partition coefficient (Wildman–Crippen LogP) is 2.33. The van der Waals surface area contributed by atoms with Crippen LogP contribution in [0, 0.1) is 0 Å². The van der Waals surface area contributed by atoms with Gasteiger partial charge in [-0.1, -0.05) is 6.07 Å². The molecule has 20 heavy (non-hydrogen) atoms. The van der Waals surface area contributed by atoms with Crippen LogP contribution in [0.4, 0.5) is 13.2 Å². The van der Waals surface area contributed by atoms with E-state index < -0.39 is 11.7 Å². The highest BCUT2D eigenvalue weighted by molar-refractivity contribution is 5.30. The van der Waals surface area contributed by atoms with E-state index in [-0.39, 0.29) is 5.75 Å². The maximum Gasteiger partial charge on any atom is 0.416 e. The average Bonchev–Trinajstić information content (AvgIpc) is 2.40. The minimum Gasteiger partial charge on any atom is -0.492 e. The Labute approximate surface area is 116 Å². The van der Waals surface area contributed by atoms with Gasteiger partial charge < -0.3 is 9.64 Å². The first kappa shape index (κ1) is 15.1. The SMILES string of the molecule is CN1CCN(CCOc2cccc(C(F)(F)F)c2)CC1. The van der Waals surface area contributed by atoms with Crippen molar-refractivity contribution in [3.8, 4) is 5.75 Å². The highest BCUT2D eigenvalue weighted by Crippen LogP contribution is 2.31. The van der Waals surface area contributed by atoms with E-state index in [0.29, 0.717) is 6.61 Å². The summed E-state index contributed by atoms with van der Waals surface area (Å²) < 4.78 is 43.1. The summed E-state index contributed by atoms with van der Waals surface area (Å²) in [5.74, 6) is 0.272. The average molecular weight is 288 g/mol. The van der Waals surface area contributed by atoms with Crippen molar-refractivity contribution in [2.45, 2.75) is 6.18 Å². The molecule has 0 aliphatic carbocycles. The van der Waals surface area contributed by atoms with Gasteiger partial charge in [0.05, 0.1) is 5.56 Å². The summed E-state index contributed by atoms with van der Waals surface area (Å²) in [5, 5.41) is 0. The van der Waals surface area contributed by atoms with Gasteiger partial charge in [0, 0.05) is 32.7 Å². The summed E-state index contributed by atoms with van der Waals surface area (Å²) >= 11 is 0. The van der Waals surface area contributed by atoms with Crippen molar-refractivity contribution >= 4 is 0 Å². The zero-order valence-electron chi connectivity index (χ0n) is 11.5. The molecule has 1 aromatic carbocycles. The van der Waals surface area contributed by atoms with Crippen LogP contribution in [-0.2, 0) is 6.18 Å². The fourth-order valence-corrected chi connectivity index (χ4v) is 2.13. The molecule has 0 unspecified atom stereocenters. The van der Waals surface area contributed by atoms with E-state index in [0.717, 1.165) is 44.9 Å². The third-order valence-electron chi connectivity index (χ3n) is 3.43. The number of halogens is 3. The molecule has 0 N–H and O–H groups in total. The lowest BCUT2D eigenvalue weighted by Crippen LogP contribution is -2.45. The second-order valence-electron chi connectivity index (χ2n) is 5.02. The number of piperazine rings is 1. The van der Waals surface area contributed by atoms with Crippen LogP contribution >= 0.6 is 0 Å². The van der Waals surface area contributed by atoms with Gasteiger partial charge in [-0.25, -0.2) is 0 Å². The molecule has 2 rings (SSSR count). The van der Waals surface area contributed by atoms with Crippen molar-refractivity contribution in [1.82, 2.24) is 9.80 Å². The summed E-state index contributed by atoms with van der Waals surface area (Å²) in [6.07, 6.45) is -4.32. The largest absolute Gasteiger partial charge is 0.492 e. The molecule has 1 aliphatic rings. The number of ether oxygens (including phenoxy) is 1. The number of alkyl halides is 3. The molecule has 0 radical (unpaired) electrons. The second kappa shape index (κ2) is 6.45. The first-order chi connectivity index (χ1) is 9.45. The van der Waals surface area contributed by atoms with E-state index in [1.165, 1.54) is 6.07 Å². The number of nitrogens with zero attached hydrogens (tertiary/aromatic N) is 2. The topological polar surface area (TPSA) is 15.7 Å². The summed E-state index contributed by atoms with van der Waals surface area (Å²) in [6, 6.07) is 5.02. The van der Waals surface area contributed by atoms with E-state index in [4.69, 9.17) is 4.74 Å². The summed E-state index contributed by atoms with van der Waals surface area (Å²) in [5.41, 5.74) is -0.672. The zero-order valence-corrected chi connectivity index (χ0v) is 11.5. The van der Waals surface area contributed by atoms with E-state index in [1.54, 1.807) is 6.07 Å². The van der Waals surface area contributed by atoms with Crippen LogP contribution in [-0.4, -0.2) is 56.2 Å². The van der Waals surface area contributed by atoms with Gasteiger partial charge in [0.2, 0.25) is 0 Å². The Morgan fingerprint density at radius 1 is 1.15 bits per heavy atom. The highest BCUT2D eigenvalue weighted by atomic mass is 19.4. The molecule has 112 valence electrons. The lowest BCUT2D eigenvalue weighted by molar-refractivity contribution is -0.137. The van der Waals surface area contributed by atoms with E-state index in [1.807, 2.05) is 0 Å². The number of benzene rings is 1. The van der Waals surface area contributed by atoms with Crippen LogP contribution in [0.1, 0.15) is 5.56 Å². The Morgan fingerprint density at radius 3 is 2.50 bits per heavy atom. The molecule has 0 spiro atoms. The number of likely N-dealkylation sites (N-methyl/N-ethyl adjacent to an activating group) is 1. The van der Waals surface area contributed by atoms with Crippen LogP contribution in [0.25, 0.3) is 0 Å². The molecule has 0 saturated carbocycles. The minimum atomic E-state index is -4.32. The minimum absolute atomic E-state index is 0.272. The smallest absolute Gasteiger partial charge is 0.416 e. The van der Waals surface area contributed by atoms with Crippen LogP contribution in [0.15, 0.2) is 24.3 Å². The lowest BCUT2D eigenvalue weighted by atomic mass is 10.2. The summed E-state index contributed by atoms with van der Waals surface area (Å²) in [6.45, 7) is 5.13. The Bertz CT molecular complexity index is 429. The molecule has 6 heteroatoms. The summed E-state index contributed by atoms with van der Waals surface area (Å²) in [4.78, 5) is 4.51. The molecule has 1 heterocycles. The molecule has 0 bridgehead atoms. The van der Waals surface area contributed by atoms with Crippen molar-refractivity contribution in [3.05, 3.63) is 29.8 Å². The van der Waals surface area contributed by atoms with Crippen molar-refractivity contribution < 1.29 is 17.9 Å². The molecule has 1 saturated heterocycles. The monoisotopic (exact) mass is 288 g/mol. The Hall–Kier alpha value is -1.27. The predicted molar refractivity (Wildman–Crippen MR) is 70.9 cm³/mol. The third-order valence-corrected chi connectivity index (χ3v) is 3.43. The van der Waals surface area contributed by atoms with Crippen molar-refractivity contribution in [1.29, 1.82) is 0 Å². The van der Waals surface area contributed by atoms with Gasteiger partial charge in [-0.15, -0.1) is 0 Å². The van der Waals surface area contributed by atoms with Crippen molar-refractivity contribution in [3.63, 3.8) is 0 Å². The molecule has 3 nitrogen and oxygen atoms in total. The van der Waals surface area contributed by atoms with Gasteiger partial charge in [0.1, 0.15) is 12.4 Å². The van der Waals surface area contributed by atoms with Crippen LogP contribution in [0.2, 0.25) is 0 Å². The first-order valence-electron chi connectivity index (χ1n) is 6.66. The molecule has 1 aliphatic heterocycles. The fourth-order valence-electron chi connectivity index (χ4n) is 2.13. The summed E-state index contributed by atoms with van der Waals surface area (Å²) in [7, 11) is 2.08. The highest BCUT2D eigenvalue weighted by Gasteiger charge is 2.30. The van der Waals surface area contributed by atoms with Gasteiger partial charge in [0.25, 0.3) is 0 Å². The van der Waals surface area contributed by atoms with Gasteiger partial charge in [-0.3, -0.25) is 4.90 Å². The zero-order chi connectivity index (χ0) is 14.6. The molecule has 1 aromatic rings. The number of hydrogen-bond donors (Lipinski definition) is 0. The molecular formula is C14H19F3N2O. The van der Waals surface area contributed by atoms with E-state index in [9.17, 15) is 13.2 Å². The van der Waals surface area contributed by atoms with Crippen molar-refractivity contribution in [2.75, 3.05) is 46.4 Å². The van der Waals surface area contributed by atoms with Crippen molar-refractivity contribution in [2.24, 2.45) is 0 Å². The van der Waals surface area contributed by atoms with E-state index >= 15 is 0 Å². The molecular weight excluding hydrogens is 269 g/mol. The standard InChI is InChI=1S/C14H19F3N2O/c1-18-5-7-19(8-6-18)9-10-20-13-4-2-3-12(11-13)14(15,16)17/h2-4,11H,5-10H2,1H3. The van der Waals surface area contributed by atoms with Gasteiger partial charge in [-0.05, 0) is 25.2 Å². The van der Waals surface area contributed by atoms with Gasteiger partial charge in [-0.2, -0.15) is 13.2 Å². The third kappa shape index (κ3) is 4.38. The molecule has 0 aromatic heterocycles. The Kier molecular flexibility index (Phi) is 4.88. The van der Waals surface area contributed by atoms with E-state index in [2.05, 4.69) is 16.8 Å². The first-order valence-corrected chi connectivity index (χ1v) is 6.66. The Morgan fingerprint density at radius 2 is 1.85 bits per heavy atom. The normalized spacial score (nSPS) is 18.2. The number of rotatable bonds is 4. The van der Waals surface area contributed by atoms with Crippen LogP contribution in [0.5, 0.6) is 5.75 Å². The number of hydrogen-bond acceptors (Lipinski definition) is 3. The van der Waals surface area contributed by atoms with Crippen LogP contribution in [0.3, 0.4) is 0 Å². The lowest BCUT2D eigenvalue weighted by Gasteiger charge is -2.32. The second-order valence-corrected chi connectivity index (χ2v) is 5.02. The maximum atomic E-state index is 12.5. The molecule has 1 fully saturated rings. The molecule has 0 atom stereocenters. The van der Waals surface area contributed by atoms with Crippen LogP contribution < -0.4 is 4.74 Å². The Balaban J connectivity index is 1.79. The maximum absolute atomic E-state index is 12.5. The molecule has 0 amide bonds. The van der Waals surface area contributed by atoms with Gasteiger partial charge >= 0.3 is 6.18 Å². The fraction of sp³-hybridized carbons (Fsp3) is 0.571. The quantitative estimate of drug-likeness (QED) is 0.846. The van der Waals surface area contributed by atoms with Gasteiger partial charge in [0.15, 0.2) is 0 Å².